The molecule has 0 aromatic heterocycles. The van der Waals surface area contributed by atoms with E-state index < -0.39 is 29.5 Å². The molecule has 0 saturated carbocycles. The first-order valence-corrected chi connectivity index (χ1v) is 7.40. The van der Waals surface area contributed by atoms with Gasteiger partial charge < -0.3 is 15.2 Å². The van der Waals surface area contributed by atoms with E-state index in [9.17, 15) is 31.1 Å². The molecule has 1 aromatic carbocycles. The summed E-state index contributed by atoms with van der Waals surface area (Å²) >= 11 is 0. The average molecular weight is 388 g/mol. The predicted octanol–water partition coefficient (Wildman–Crippen LogP) is 3.18. The van der Waals surface area contributed by atoms with Crippen LogP contribution in [0.5, 0.6) is 0 Å². The number of aliphatic hydroxyl groups is 1. The maximum Gasteiger partial charge on any atom is 0.455 e. The van der Waals surface area contributed by atoms with Crippen molar-refractivity contribution in [2.45, 2.75) is 24.9 Å². The number of nitrogens with zero attached hydrogens (tertiary/aromatic N) is 1. The van der Waals surface area contributed by atoms with Crippen LogP contribution in [0.2, 0.25) is 0 Å². The highest BCUT2D eigenvalue weighted by atomic mass is 19.4. The van der Waals surface area contributed by atoms with Crippen LogP contribution in [0.25, 0.3) is 0 Å². The van der Waals surface area contributed by atoms with E-state index in [1.165, 1.54) is 7.11 Å². The first-order valence-electron chi connectivity index (χ1n) is 7.40. The molecule has 26 heavy (non-hydrogen) atoms. The molecule has 0 saturated heterocycles. The number of amides is 2. The highest BCUT2D eigenvalue weighted by molar-refractivity contribution is 5.91. The summed E-state index contributed by atoms with van der Waals surface area (Å²) < 4.78 is 82.8. The summed E-state index contributed by atoms with van der Waals surface area (Å²) in [7, 11) is 1.37. The van der Waals surface area contributed by atoms with Crippen LogP contribution in [-0.2, 0) is 10.7 Å². The second-order valence-electron chi connectivity index (χ2n) is 5.22. The normalized spacial score (nSPS) is 14.7. The molecule has 0 heterocycles. The largest absolute Gasteiger partial charge is 0.455 e. The molecule has 0 fully saturated rings. The van der Waals surface area contributed by atoms with Crippen LogP contribution >= 0.6 is 0 Å². The number of ether oxygens (including phenoxy) is 1. The molecule has 0 radical (unpaired) electrons. The molecule has 11 heteroatoms. The lowest BCUT2D eigenvalue weighted by atomic mass is 10.0. The third-order valence-electron chi connectivity index (χ3n) is 3.43. The summed E-state index contributed by atoms with van der Waals surface area (Å²) in [5, 5.41) is 11.1. The van der Waals surface area contributed by atoms with Crippen LogP contribution < -0.4 is 10.2 Å². The molecule has 1 atom stereocenters. The fraction of sp³-hybridized carbons (Fsp3) is 0.533. The minimum atomic E-state index is -6.19. The topological polar surface area (TPSA) is 61.8 Å². The molecule has 0 bridgehead atoms. The van der Waals surface area contributed by atoms with E-state index in [1.807, 2.05) is 0 Å². The SMILES string of the molecule is CCNC(=O)N(CCOC)c1ccc(C(F)(F)C(O)(F)C(F)(F)F)cc1. The number of hydrogen-bond acceptors (Lipinski definition) is 3. The molecule has 5 nitrogen and oxygen atoms in total. The number of hydrogen-bond donors (Lipinski definition) is 2. The molecule has 148 valence electrons. The smallest absolute Gasteiger partial charge is 0.383 e. The predicted molar refractivity (Wildman–Crippen MR) is 80.7 cm³/mol. The number of carbonyl (C=O) groups excluding carboxylic acids is 1. The molecule has 1 aromatic rings. The number of urea groups is 1. The quantitative estimate of drug-likeness (QED) is 0.706. The van der Waals surface area contributed by atoms with Gasteiger partial charge in [-0.05, 0) is 19.1 Å². The maximum absolute atomic E-state index is 13.8. The number of nitrogens with one attached hydrogen (secondary N) is 1. The molecular weight excluding hydrogens is 370 g/mol. The van der Waals surface area contributed by atoms with Crippen molar-refractivity contribution in [3.63, 3.8) is 0 Å². The Morgan fingerprint density at radius 1 is 1.15 bits per heavy atom. The monoisotopic (exact) mass is 388 g/mol. The van der Waals surface area contributed by atoms with Gasteiger partial charge >= 0.3 is 24.0 Å². The van der Waals surface area contributed by atoms with Gasteiger partial charge in [0.05, 0.1) is 13.2 Å². The molecular formula is C15H18F6N2O3. The highest BCUT2D eigenvalue weighted by Gasteiger charge is 2.71. The van der Waals surface area contributed by atoms with Crippen molar-refractivity contribution in [3.8, 4) is 0 Å². The Morgan fingerprint density at radius 3 is 2.12 bits per heavy atom. The average Bonchev–Trinajstić information content (AvgIpc) is 2.54. The number of carbonyl (C=O) groups is 1. The highest BCUT2D eigenvalue weighted by Crippen LogP contribution is 2.49. The summed E-state index contributed by atoms with van der Waals surface area (Å²) in [6.45, 7) is 2.06. The standard InChI is InChI=1S/C15H18F6N2O3/c1-3-22-12(24)23(8-9-26-2)11-6-4-10(5-7-11)13(16,17)14(18,25)15(19,20)21/h4-7,25H,3,8-9H2,1-2H3,(H,22,24). The zero-order valence-electron chi connectivity index (χ0n) is 13.9. The summed E-state index contributed by atoms with van der Waals surface area (Å²) in [6.07, 6.45) is -6.19. The van der Waals surface area contributed by atoms with E-state index in [4.69, 9.17) is 9.84 Å². The molecule has 2 N–H and O–H groups in total. The number of anilines is 1. The van der Waals surface area contributed by atoms with Crippen molar-refractivity contribution in [2.24, 2.45) is 0 Å². The molecule has 1 rings (SSSR count). The zero-order chi connectivity index (χ0) is 20.2. The first kappa shape index (κ1) is 22.0. The van der Waals surface area contributed by atoms with E-state index in [2.05, 4.69) is 5.32 Å². The van der Waals surface area contributed by atoms with Gasteiger partial charge in [-0.1, -0.05) is 12.1 Å². The van der Waals surface area contributed by atoms with E-state index in [0.717, 1.165) is 17.0 Å². The maximum atomic E-state index is 13.8. The second-order valence-corrected chi connectivity index (χ2v) is 5.22. The van der Waals surface area contributed by atoms with Crippen LogP contribution in [0.3, 0.4) is 0 Å². The summed E-state index contributed by atoms with van der Waals surface area (Å²) in [4.78, 5) is 13.1. The zero-order valence-corrected chi connectivity index (χ0v) is 13.9. The van der Waals surface area contributed by atoms with Gasteiger partial charge in [0.1, 0.15) is 0 Å². The van der Waals surface area contributed by atoms with Gasteiger partial charge in [-0.3, -0.25) is 4.90 Å². The van der Waals surface area contributed by atoms with Gasteiger partial charge in [-0.15, -0.1) is 0 Å². The van der Waals surface area contributed by atoms with Gasteiger partial charge in [0.15, 0.2) is 0 Å². The summed E-state index contributed by atoms with van der Waals surface area (Å²) in [5.41, 5.74) is -1.33. The first-order chi connectivity index (χ1) is 11.9. The Bertz CT molecular complexity index is 604. The third kappa shape index (κ3) is 4.39. The minimum Gasteiger partial charge on any atom is -0.383 e. The Kier molecular flexibility index (Phi) is 6.88. The summed E-state index contributed by atoms with van der Waals surface area (Å²) in [5.74, 6) is -11.0. The van der Waals surface area contributed by atoms with Gasteiger partial charge in [0, 0.05) is 24.9 Å². The van der Waals surface area contributed by atoms with E-state index >= 15 is 0 Å². The van der Waals surface area contributed by atoms with Crippen molar-refractivity contribution >= 4 is 11.7 Å². The van der Waals surface area contributed by atoms with Crippen LogP contribution in [0.4, 0.5) is 36.8 Å². The Morgan fingerprint density at radius 2 is 1.69 bits per heavy atom. The Balaban J connectivity index is 3.17. The molecule has 0 aliphatic carbocycles. The Hall–Kier alpha value is -2.01. The Labute approximate surface area is 145 Å². The molecule has 0 spiro atoms. The van der Waals surface area contributed by atoms with Crippen molar-refractivity contribution in [3.05, 3.63) is 29.8 Å². The number of halogens is 6. The van der Waals surface area contributed by atoms with Gasteiger partial charge in [-0.25, -0.2) is 4.79 Å². The van der Waals surface area contributed by atoms with Crippen LogP contribution in [0.15, 0.2) is 24.3 Å². The van der Waals surface area contributed by atoms with Crippen LogP contribution in [0, 0.1) is 0 Å². The van der Waals surface area contributed by atoms with Crippen LogP contribution in [0.1, 0.15) is 12.5 Å². The lowest BCUT2D eigenvalue weighted by Gasteiger charge is -2.30. The minimum absolute atomic E-state index is 0.0354. The van der Waals surface area contributed by atoms with Crippen LogP contribution in [-0.4, -0.2) is 50.0 Å². The number of methoxy groups -OCH3 is 1. The van der Waals surface area contributed by atoms with Crippen molar-refractivity contribution in [1.82, 2.24) is 5.32 Å². The lowest BCUT2D eigenvalue weighted by molar-refractivity contribution is -0.390. The second kappa shape index (κ2) is 8.12. The van der Waals surface area contributed by atoms with E-state index in [0.29, 0.717) is 12.1 Å². The number of benzene rings is 1. The summed E-state index contributed by atoms with van der Waals surface area (Å²) in [6, 6.07) is 2.26. The number of alkyl halides is 6. The molecule has 0 aliphatic rings. The fourth-order valence-electron chi connectivity index (χ4n) is 2.00. The third-order valence-corrected chi connectivity index (χ3v) is 3.43. The van der Waals surface area contributed by atoms with Gasteiger partial charge in [-0.2, -0.15) is 26.3 Å². The van der Waals surface area contributed by atoms with E-state index in [-0.39, 0.29) is 25.4 Å². The van der Waals surface area contributed by atoms with E-state index in [1.54, 1.807) is 6.92 Å². The van der Waals surface area contributed by atoms with Gasteiger partial charge in [0.25, 0.3) is 0 Å². The van der Waals surface area contributed by atoms with Crippen molar-refractivity contribution in [1.29, 1.82) is 0 Å². The van der Waals surface area contributed by atoms with Crippen molar-refractivity contribution in [2.75, 3.05) is 31.7 Å². The molecule has 1 unspecified atom stereocenters. The molecule has 0 aliphatic heterocycles. The van der Waals surface area contributed by atoms with Gasteiger partial charge in [0.2, 0.25) is 0 Å². The van der Waals surface area contributed by atoms with Crippen molar-refractivity contribution < 1.29 is 41.0 Å². The number of rotatable bonds is 7. The lowest BCUT2D eigenvalue weighted by Crippen LogP contribution is -2.53. The fourth-order valence-corrected chi connectivity index (χ4v) is 2.00. The molecule has 2 amide bonds.